The number of aromatic hydroxyl groups is 1. The molecule has 5 nitrogen and oxygen atoms in total. The minimum absolute atomic E-state index is 0.119. The Hall–Kier alpha value is -2.96. The third-order valence-electron chi connectivity index (χ3n) is 4.24. The molecule has 0 spiro atoms. The Morgan fingerprint density at radius 1 is 1.07 bits per heavy atom. The Labute approximate surface area is 171 Å². The van der Waals surface area contributed by atoms with Gasteiger partial charge in [-0.3, -0.25) is 5.43 Å². The summed E-state index contributed by atoms with van der Waals surface area (Å²) in [6, 6.07) is 17.3. The zero-order valence-electron chi connectivity index (χ0n) is 14.8. The van der Waals surface area contributed by atoms with Crippen LogP contribution in [0.5, 0.6) is 5.75 Å². The van der Waals surface area contributed by atoms with Gasteiger partial charge in [0.2, 0.25) is 0 Å². The monoisotopic (exact) mass is 408 g/mol. The Balaban J connectivity index is 1.49. The fourth-order valence-electron chi connectivity index (χ4n) is 2.81. The van der Waals surface area contributed by atoms with E-state index in [9.17, 15) is 5.11 Å². The number of benzene rings is 2. The van der Waals surface area contributed by atoms with E-state index in [0.29, 0.717) is 16.4 Å². The Morgan fingerprint density at radius 2 is 1.93 bits per heavy atom. The number of hydrogen-bond acceptors (Lipinski definition) is 6. The maximum absolute atomic E-state index is 9.42. The second-order valence-electron chi connectivity index (χ2n) is 6.22. The number of hydrazone groups is 1. The lowest BCUT2D eigenvalue weighted by molar-refractivity contribution is 0.475. The quantitative estimate of drug-likeness (QED) is 0.336. The van der Waals surface area contributed by atoms with Crippen molar-refractivity contribution in [3.8, 4) is 5.75 Å². The molecule has 2 aromatic carbocycles. The summed E-state index contributed by atoms with van der Waals surface area (Å²) in [5, 5.41) is 15.0. The summed E-state index contributed by atoms with van der Waals surface area (Å²) in [4.78, 5) is 10.9. The topological polar surface area (TPSA) is 70.4 Å². The van der Waals surface area contributed by atoms with Gasteiger partial charge < -0.3 is 5.11 Å². The number of rotatable bonds is 6. The predicted octanol–water partition coefficient (Wildman–Crippen LogP) is 5.28. The number of nitrogens with one attached hydrogen (secondary N) is 1. The van der Waals surface area contributed by atoms with Gasteiger partial charge in [-0.2, -0.15) is 5.10 Å². The average molecular weight is 409 g/mol. The molecule has 0 fully saturated rings. The summed E-state index contributed by atoms with van der Waals surface area (Å²) >= 11 is 7.76. The average Bonchev–Trinajstić information content (AvgIpc) is 3.13. The number of aryl methyl sites for hydroxylation is 2. The van der Waals surface area contributed by atoms with Crippen LogP contribution in [-0.4, -0.2) is 21.3 Å². The van der Waals surface area contributed by atoms with Crippen molar-refractivity contribution in [2.45, 2.75) is 12.8 Å². The van der Waals surface area contributed by atoms with Gasteiger partial charge in [0.15, 0.2) is 5.82 Å². The highest BCUT2D eigenvalue weighted by molar-refractivity contribution is 7.18. The third-order valence-corrected chi connectivity index (χ3v) is 5.67. The van der Waals surface area contributed by atoms with Gasteiger partial charge in [0.05, 0.1) is 16.6 Å². The molecule has 0 amide bonds. The summed E-state index contributed by atoms with van der Waals surface area (Å²) in [5.41, 5.74) is 4.99. The molecule has 0 radical (unpaired) electrons. The lowest BCUT2D eigenvalue weighted by atomic mass is 10.1. The first-order chi connectivity index (χ1) is 13.7. The molecule has 0 saturated carbocycles. The van der Waals surface area contributed by atoms with Crippen molar-refractivity contribution in [3.05, 3.63) is 82.0 Å². The molecule has 140 valence electrons. The van der Waals surface area contributed by atoms with Crippen molar-refractivity contribution in [1.82, 2.24) is 9.97 Å². The van der Waals surface area contributed by atoms with Gasteiger partial charge in [0.1, 0.15) is 16.9 Å². The van der Waals surface area contributed by atoms with E-state index in [-0.39, 0.29) is 5.75 Å². The van der Waals surface area contributed by atoms with Crippen LogP contribution < -0.4 is 5.43 Å². The smallest absolute Gasteiger partial charge is 0.158 e. The number of fused-ring (bicyclic) bond motifs is 1. The second kappa shape index (κ2) is 8.37. The summed E-state index contributed by atoms with van der Waals surface area (Å²) in [5.74, 6) is 0.771. The minimum atomic E-state index is 0.119. The first-order valence-corrected chi connectivity index (χ1v) is 9.93. The fraction of sp³-hybridized carbons (Fsp3) is 0.0952. The molecule has 4 aromatic rings. The van der Waals surface area contributed by atoms with Crippen LogP contribution in [0.25, 0.3) is 10.2 Å². The van der Waals surface area contributed by atoms with Gasteiger partial charge in [-0.1, -0.05) is 41.9 Å². The molecule has 2 aromatic heterocycles. The van der Waals surface area contributed by atoms with Crippen LogP contribution in [0.4, 0.5) is 5.82 Å². The largest absolute Gasteiger partial charge is 0.508 e. The number of phenolic OH excluding ortho intramolecular Hbond substituents is 1. The zero-order valence-corrected chi connectivity index (χ0v) is 16.4. The van der Waals surface area contributed by atoms with Crippen LogP contribution >= 0.6 is 22.9 Å². The summed E-state index contributed by atoms with van der Waals surface area (Å²) in [7, 11) is 0. The molecule has 0 aliphatic carbocycles. The Bertz CT molecular complexity index is 1130. The van der Waals surface area contributed by atoms with E-state index in [4.69, 9.17) is 11.6 Å². The van der Waals surface area contributed by atoms with Crippen LogP contribution in [0.1, 0.15) is 16.0 Å². The molecular weight excluding hydrogens is 392 g/mol. The molecular formula is C21H17ClN4OS. The summed E-state index contributed by atoms with van der Waals surface area (Å²) < 4.78 is 0. The van der Waals surface area contributed by atoms with Gasteiger partial charge in [-0.15, -0.1) is 11.3 Å². The van der Waals surface area contributed by atoms with E-state index in [0.717, 1.165) is 23.1 Å². The fourth-order valence-corrected chi connectivity index (χ4v) is 4.03. The lowest BCUT2D eigenvalue weighted by Gasteiger charge is -2.01. The molecule has 7 heteroatoms. The van der Waals surface area contributed by atoms with Gasteiger partial charge in [-0.05, 0) is 42.7 Å². The van der Waals surface area contributed by atoms with Crippen LogP contribution in [-0.2, 0) is 12.8 Å². The summed E-state index contributed by atoms with van der Waals surface area (Å²) in [6.45, 7) is 0. The zero-order chi connectivity index (χ0) is 19.3. The van der Waals surface area contributed by atoms with E-state index in [1.165, 1.54) is 22.8 Å². The van der Waals surface area contributed by atoms with Crippen LogP contribution in [0.3, 0.4) is 0 Å². The van der Waals surface area contributed by atoms with Crippen molar-refractivity contribution in [1.29, 1.82) is 0 Å². The van der Waals surface area contributed by atoms with E-state index in [1.54, 1.807) is 29.7 Å². The first kappa shape index (κ1) is 18.4. The second-order valence-corrected chi connectivity index (χ2v) is 7.74. The van der Waals surface area contributed by atoms with Crippen LogP contribution in [0, 0.1) is 0 Å². The SMILES string of the molecule is Oc1ccc(C=NNc2ncnc3sc(CCc4ccccc4)cc23)c(Cl)c1. The number of halogens is 1. The lowest BCUT2D eigenvalue weighted by Crippen LogP contribution is -1.95. The highest BCUT2D eigenvalue weighted by Crippen LogP contribution is 2.29. The van der Waals surface area contributed by atoms with E-state index < -0.39 is 0 Å². The van der Waals surface area contributed by atoms with Crippen LogP contribution in [0.2, 0.25) is 5.02 Å². The molecule has 28 heavy (non-hydrogen) atoms. The van der Waals surface area contributed by atoms with Crippen molar-refractivity contribution in [2.75, 3.05) is 5.43 Å². The normalized spacial score (nSPS) is 11.3. The molecule has 0 saturated heterocycles. The highest BCUT2D eigenvalue weighted by atomic mass is 35.5. The maximum Gasteiger partial charge on any atom is 0.158 e. The Morgan fingerprint density at radius 3 is 2.75 bits per heavy atom. The molecule has 2 heterocycles. The van der Waals surface area contributed by atoms with Crippen molar-refractivity contribution in [3.63, 3.8) is 0 Å². The first-order valence-electron chi connectivity index (χ1n) is 8.74. The van der Waals surface area contributed by atoms with Gasteiger partial charge in [0, 0.05) is 10.4 Å². The molecule has 0 atom stereocenters. The Kier molecular flexibility index (Phi) is 5.50. The van der Waals surface area contributed by atoms with Crippen molar-refractivity contribution < 1.29 is 5.11 Å². The predicted molar refractivity (Wildman–Crippen MR) is 116 cm³/mol. The number of anilines is 1. The number of thiophene rings is 1. The molecule has 4 rings (SSSR count). The number of phenols is 1. The highest BCUT2D eigenvalue weighted by Gasteiger charge is 2.09. The van der Waals surface area contributed by atoms with E-state index in [1.807, 2.05) is 6.07 Å². The molecule has 0 bridgehead atoms. The summed E-state index contributed by atoms with van der Waals surface area (Å²) in [6.07, 6.45) is 5.07. The van der Waals surface area contributed by atoms with Crippen molar-refractivity contribution in [2.24, 2.45) is 5.10 Å². The van der Waals surface area contributed by atoms with Crippen LogP contribution in [0.15, 0.2) is 66.0 Å². The molecule has 2 N–H and O–H groups in total. The molecule has 0 aliphatic rings. The molecule has 0 aliphatic heterocycles. The minimum Gasteiger partial charge on any atom is -0.508 e. The van der Waals surface area contributed by atoms with Gasteiger partial charge >= 0.3 is 0 Å². The van der Waals surface area contributed by atoms with Gasteiger partial charge in [0.25, 0.3) is 0 Å². The third kappa shape index (κ3) is 4.30. The number of nitrogens with zero attached hydrogens (tertiary/aromatic N) is 3. The standard InChI is InChI=1S/C21H17ClN4OS/c22-19-10-16(27)8-7-15(19)12-25-26-20-18-11-17(28-21(18)24-13-23-20)9-6-14-4-2-1-3-5-14/h1-5,7-8,10-13,27H,6,9H2,(H,23,24,26). The van der Waals surface area contributed by atoms with Crippen molar-refractivity contribution >= 4 is 45.2 Å². The van der Waals surface area contributed by atoms with E-state index >= 15 is 0 Å². The number of aromatic nitrogens is 2. The number of hydrogen-bond donors (Lipinski definition) is 2. The van der Waals surface area contributed by atoms with Gasteiger partial charge in [-0.25, -0.2) is 9.97 Å². The van der Waals surface area contributed by atoms with E-state index in [2.05, 4.69) is 50.8 Å². The molecule has 0 unspecified atom stereocenters. The maximum atomic E-state index is 9.42.